The lowest BCUT2D eigenvalue weighted by molar-refractivity contribution is 0.251. The van der Waals surface area contributed by atoms with Crippen LogP contribution in [-0.2, 0) is 0 Å². The molecule has 0 N–H and O–H groups in total. The molecule has 16 heavy (non-hydrogen) atoms. The van der Waals surface area contributed by atoms with Crippen LogP contribution < -0.4 is 4.74 Å². The summed E-state index contributed by atoms with van der Waals surface area (Å²) in [6.07, 6.45) is 1.62. The van der Waals surface area contributed by atoms with E-state index in [1.807, 2.05) is 20.2 Å². The molecule has 1 aromatic heterocycles. The summed E-state index contributed by atoms with van der Waals surface area (Å²) in [5.41, 5.74) is 1.06. The van der Waals surface area contributed by atoms with Crippen LogP contribution in [-0.4, -0.2) is 37.1 Å². The van der Waals surface area contributed by atoms with Crippen LogP contribution in [0.5, 0.6) is 5.88 Å². The number of hydrogen-bond donors (Lipinski definition) is 0. The minimum atomic E-state index is 0.362. The van der Waals surface area contributed by atoms with Gasteiger partial charge in [-0.15, -0.1) is 0 Å². The van der Waals surface area contributed by atoms with Crippen LogP contribution >= 0.6 is 11.6 Å². The molecule has 0 saturated heterocycles. The molecule has 90 valence electrons. The molecule has 1 aromatic rings. The maximum atomic E-state index is 5.92. The highest BCUT2D eigenvalue weighted by Crippen LogP contribution is 2.26. The van der Waals surface area contributed by atoms with Crippen LogP contribution in [0.25, 0.3) is 0 Å². The molecule has 0 aliphatic carbocycles. The summed E-state index contributed by atoms with van der Waals surface area (Å²) in [7, 11) is 4.03. The molecular formula is C12H19ClN2O. The fourth-order valence-electron chi connectivity index (χ4n) is 1.30. The minimum Gasteiger partial charge on any atom is -0.476 e. The molecule has 0 unspecified atom stereocenters. The Morgan fingerprint density at radius 3 is 2.69 bits per heavy atom. The van der Waals surface area contributed by atoms with Crippen molar-refractivity contribution >= 4 is 11.6 Å². The lowest BCUT2D eigenvalue weighted by Gasteiger charge is -2.14. The first-order valence-electron chi connectivity index (χ1n) is 5.43. The molecule has 0 radical (unpaired) electrons. The first-order chi connectivity index (χ1) is 7.50. The molecule has 1 rings (SSSR count). The first kappa shape index (κ1) is 13.3. The molecule has 0 amide bonds. The summed E-state index contributed by atoms with van der Waals surface area (Å²) in [5, 5.41) is 0.656. The lowest BCUT2D eigenvalue weighted by atomic mass is 10.1. The Kier molecular flexibility index (Phi) is 5.03. The zero-order chi connectivity index (χ0) is 12.1. The maximum absolute atomic E-state index is 5.92. The van der Waals surface area contributed by atoms with Crippen LogP contribution in [0.3, 0.4) is 0 Å². The van der Waals surface area contributed by atoms with E-state index < -0.39 is 0 Å². The Morgan fingerprint density at radius 2 is 2.12 bits per heavy atom. The predicted molar refractivity (Wildman–Crippen MR) is 67.4 cm³/mol. The Hall–Kier alpha value is -0.800. The third kappa shape index (κ3) is 3.99. The molecule has 3 nitrogen and oxygen atoms in total. The number of ether oxygens (including phenoxy) is 1. The molecule has 4 heteroatoms. The number of likely N-dealkylation sites (N-methyl/N-ethyl adjacent to an activating group) is 1. The van der Waals surface area contributed by atoms with Crippen molar-refractivity contribution < 1.29 is 4.74 Å². The van der Waals surface area contributed by atoms with Gasteiger partial charge in [-0.25, -0.2) is 4.98 Å². The maximum Gasteiger partial charge on any atom is 0.216 e. The minimum absolute atomic E-state index is 0.362. The van der Waals surface area contributed by atoms with Crippen molar-refractivity contribution in [3.8, 4) is 5.88 Å². The van der Waals surface area contributed by atoms with Crippen molar-refractivity contribution in [3.63, 3.8) is 0 Å². The van der Waals surface area contributed by atoms with Gasteiger partial charge in [0.05, 0.1) is 5.02 Å². The number of hydrogen-bond acceptors (Lipinski definition) is 3. The highest BCUT2D eigenvalue weighted by molar-refractivity contribution is 6.30. The molecule has 0 bridgehead atoms. The fraction of sp³-hybridized carbons (Fsp3) is 0.583. The second-order valence-electron chi connectivity index (χ2n) is 4.35. The molecule has 0 saturated carbocycles. The molecule has 0 aliphatic rings. The molecular weight excluding hydrogens is 224 g/mol. The molecule has 0 aliphatic heterocycles. The van der Waals surface area contributed by atoms with Gasteiger partial charge in [-0.2, -0.15) is 0 Å². The summed E-state index contributed by atoms with van der Waals surface area (Å²) in [6.45, 7) is 5.72. The van der Waals surface area contributed by atoms with Gasteiger partial charge in [-0.05, 0) is 26.1 Å². The summed E-state index contributed by atoms with van der Waals surface area (Å²) < 4.78 is 5.65. The van der Waals surface area contributed by atoms with Crippen LogP contribution in [0, 0.1) is 0 Å². The SMILES string of the molecule is CC(C)c1cc(Cl)cnc1OCCN(C)C. The topological polar surface area (TPSA) is 25.4 Å². The van der Waals surface area contributed by atoms with Gasteiger partial charge in [-0.1, -0.05) is 25.4 Å². The molecule has 1 heterocycles. The Morgan fingerprint density at radius 1 is 1.44 bits per heavy atom. The van der Waals surface area contributed by atoms with Crippen molar-refractivity contribution in [2.75, 3.05) is 27.2 Å². The quantitative estimate of drug-likeness (QED) is 0.794. The van der Waals surface area contributed by atoms with Gasteiger partial charge in [-0.3, -0.25) is 0 Å². The first-order valence-corrected chi connectivity index (χ1v) is 5.81. The number of aromatic nitrogens is 1. The smallest absolute Gasteiger partial charge is 0.216 e. The Bertz CT molecular complexity index is 340. The van der Waals surface area contributed by atoms with Gasteiger partial charge in [0, 0.05) is 18.3 Å². The second-order valence-corrected chi connectivity index (χ2v) is 4.79. The third-order valence-corrected chi connectivity index (χ3v) is 2.45. The monoisotopic (exact) mass is 242 g/mol. The van der Waals surface area contributed by atoms with Gasteiger partial charge in [0.15, 0.2) is 0 Å². The van der Waals surface area contributed by atoms with Crippen molar-refractivity contribution in [3.05, 3.63) is 22.8 Å². The number of nitrogens with zero attached hydrogens (tertiary/aromatic N) is 2. The van der Waals surface area contributed by atoms with Crippen LogP contribution in [0.4, 0.5) is 0 Å². The fourth-order valence-corrected chi connectivity index (χ4v) is 1.47. The van der Waals surface area contributed by atoms with E-state index in [1.54, 1.807) is 6.20 Å². The molecule has 0 atom stereocenters. The van der Waals surface area contributed by atoms with E-state index in [-0.39, 0.29) is 0 Å². The van der Waals surface area contributed by atoms with Gasteiger partial charge in [0.25, 0.3) is 0 Å². The van der Waals surface area contributed by atoms with Crippen molar-refractivity contribution in [1.82, 2.24) is 9.88 Å². The van der Waals surface area contributed by atoms with E-state index in [1.165, 1.54) is 0 Å². The average Bonchev–Trinajstić information content (AvgIpc) is 2.19. The largest absolute Gasteiger partial charge is 0.476 e. The van der Waals surface area contributed by atoms with Gasteiger partial charge in [0.1, 0.15) is 6.61 Å². The van der Waals surface area contributed by atoms with Gasteiger partial charge >= 0.3 is 0 Å². The van der Waals surface area contributed by atoms with E-state index in [2.05, 4.69) is 23.7 Å². The van der Waals surface area contributed by atoms with Gasteiger partial charge in [0.2, 0.25) is 5.88 Å². The van der Waals surface area contributed by atoms with E-state index in [0.29, 0.717) is 23.4 Å². The van der Waals surface area contributed by atoms with Crippen molar-refractivity contribution in [2.45, 2.75) is 19.8 Å². The van der Waals surface area contributed by atoms with E-state index >= 15 is 0 Å². The van der Waals surface area contributed by atoms with Crippen molar-refractivity contribution in [1.29, 1.82) is 0 Å². The lowest BCUT2D eigenvalue weighted by Crippen LogP contribution is -2.20. The van der Waals surface area contributed by atoms with Gasteiger partial charge < -0.3 is 9.64 Å². The van der Waals surface area contributed by atoms with Crippen LogP contribution in [0.2, 0.25) is 5.02 Å². The summed E-state index contributed by atoms with van der Waals surface area (Å²) in [4.78, 5) is 6.30. The highest BCUT2D eigenvalue weighted by atomic mass is 35.5. The molecule has 0 spiro atoms. The number of pyridine rings is 1. The van der Waals surface area contributed by atoms with Crippen LogP contribution in [0.15, 0.2) is 12.3 Å². The highest BCUT2D eigenvalue weighted by Gasteiger charge is 2.10. The molecule has 0 aromatic carbocycles. The Balaban J connectivity index is 2.71. The number of halogens is 1. The third-order valence-electron chi connectivity index (χ3n) is 2.24. The number of rotatable bonds is 5. The normalized spacial score (nSPS) is 11.2. The second kappa shape index (κ2) is 6.06. The summed E-state index contributed by atoms with van der Waals surface area (Å²) in [6, 6.07) is 1.92. The van der Waals surface area contributed by atoms with Crippen molar-refractivity contribution in [2.24, 2.45) is 0 Å². The van der Waals surface area contributed by atoms with Crippen LogP contribution in [0.1, 0.15) is 25.3 Å². The predicted octanol–water partition coefficient (Wildman–Crippen LogP) is 2.80. The Labute approximate surface area is 102 Å². The zero-order valence-electron chi connectivity index (χ0n) is 10.3. The summed E-state index contributed by atoms with van der Waals surface area (Å²) in [5.74, 6) is 1.06. The standard InChI is InChI=1S/C12H19ClN2O/c1-9(2)11-7-10(13)8-14-12(11)16-6-5-15(3)4/h7-9H,5-6H2,1-4H3. The zero-order valence-corrected chi connectivity index (χ0v) is 11.1. The average molecular weight is 243 g/mol. The summed E-state index contributed by atoms with van der Waals surface area (Å²) >= 11 is 5.92. The molecule has 0 fully saturated rings. The van der Waals surface area contributed by atoms with E-state index in [4.69, 9.17) is 16.3 Å². The van der Waals surface area contributed by atoms with E-state index in [0.717, 1.165) is 12.1 Å². The van der Waals surface area contributed by atoms with E-state index in [9.17, 15) is 0 Å².